The number of aromatic nitrogens is 2. The van der Waals surface area contributed by atoms with Crippen molar-refractivity contribution in [1.82, 2.24) is 9.97 Å². The van der Waals surface area contributed by atoms with Crippen LogP contribution in [-0.2, 0) is 0 Å². The molecule has 2 N–H and O–H groups in total. The van der Waals surface area contributed by atoms with Crippen LogP contribution in [0.2, 0.25) is 0 Å². The van der Waals surface area contributed by atoms with Gasteiger partial charge in [0, 0.05) is 0 Å². The molecule has 0 unspecified atom stereocenters. The standard InChI is InChI=1S/C21H14F2N2O2/c1-11-24-19-10-15(8-16(21(26)27)20(19)25-11)13-4-2-12(3-5-13)14-6-7-17(22)18(23)9-14/h2-10H,1H3,(H,24,25)(H,26,27). The summed E-state index contributed by atoms with van der Waals surface area (Å²) in [7, 11) is 0. The summed E-state index contributed by atoms with van der Waals surface area (Å²) in [6.45, 7) is 1.77. The van der Waals surface area contributed by atoms with Crippen molar-refractivity contribution in [2.24, 2.45) is 0 Å². The van der Waals surface area contributed by atoms with Gasteiger partial charge in [-0.2, -0.15) is 0 Å². The predicted octanol–water partition coefficient (Wildman–Crippen LogP) is 5.18. The van der Waals surface area contributed by atoms with E-state index in [9.17, 15) is 18.7 Å². The summed E-state index contributed by atoms with van der Waals surface area (Å²) in [4.78, 5) is 18.9. The molecule has 0 bridgehead atoms. The number of nitrogens with zero attached hydrogens (tertiary/aromatic N) is 1. The van der Waals surface area contributed by atoms with E-state index < -0.39 is 17.6 Å². The van der Waals surface area contributed by atoms with Gasteiger partial charge in [0.1, 0.15) is 11.3 Å². The lowest BCUT2D eigenvalue weighted by molar-refractivity contribution is 0.0699. The van der Waals surface area contributed by atoms with Gasteiger partial charge in [-0.3, -0.25) is 0 Å². The second-order valence-electron chi connectivity index (χ2n) is 6.25. The first-order chi connectivity index (χ1) is 12.9. The molecule has 0 atom stereocenters. The minimum atomic E-state index is -1.05. The van der Waals surface area contributed by atoms with E-state index in [1.807, 2.05) is 18.2 Å². The average Bonchev–Trinajstić information content (AvgIpc) is 3.03. The molecule has 1 heterocycles. The lowest BCUT2D eigenvalue weighted by Crippen LogP contribution is -1.98. The van der Waals surface area contributed by atoms with Crippen LogP contribution in [0.15, 0.2) is 54.6 Å². The van der Waals surface area contributed by atoms with Crippen molar-refractivity contribution in [3.63, 3.8) is 0 Å². The van der Waals surface area contributed by atoms with Gasteiger partial charge in [0.15, 0.2) is 11.6 Å². The van der Waals surface area contributed by atoms with Gasteiger partial charge in [-0.05, 0) is 53.4 Å². The smallest absolute Gasteiger partial charge is 0.337 e. The Kier molecular flexibility index (Phi) is 3.96. The Labute approximate surface area is 153 Å². The zero-order valence-corrected chi connectivity index (χ0v) is 14.3. The number of halogens is 2. The maximum absolute atomic E-state index is 13.4. The van der Waals surface area contributed by atoms with Gasteiger partial charge >= 0.3 is 5.97 Å². The van der Waals surface area contributed by atoms with E-state index in [0.717, 1.165) is 28.8 Å². The second kappa shape index (κ2) is 6.32. The van der Waals surface area contributed by atoms with Crippen LogP contribution in [0.3, 0.4) is 0 Å². The largest absolute Gasteiger partial charge is 0.478 e. The number of imidazole rings is 1. The minimum absolute atomic E-state index is 0.122. The van der Waals surface area contributed by atoms with Crippen molar-refractivity contribution < 1.29 is 18.7 Å². The number of aromatic amines is 1. The van der Waals surface area contributed by atoms with Crippen molar-refractivity contribution in [2.75, 3.05) is 0 Å². The molecule has 0 saturated carbocycles. The Bertz CT molecular complexity index is 1180. The summed E-state index contributed by atoms with van der Waals surface area (Å²) in [5.74, 6) is -2.20. The minimum Gasteiger partial charge on any atom is -0.478 e. The van der Waals surface area contributed by atoms with Crippen LogP contribution in [0.5, 0.6) is 0 Å². The molecule has 4 aromatic rings. The maximum atomic E-state index is 13.4. The van der Waals surface area contributed by atoms with Crippen LogP contribution in [-0.4, -0.2) is 21.0 Å². The number of hydrogen-bond donors (Lipinski definition) is 2. The highest BCUT2D eigenvalue weighted by Crippen LogP contribution is 2.29. The first kappa shape index (κ1) is 16.9. The molecular weight excluding hydrogens is 350 g/mol. The van der Waals surface area contributed by atoms with Gasteiger partial charge in [-0.25, -0.2) is 18.6 Å². The summed E-state index contributed by atoms with van der Waals surface area (Å²) in [6, 6.07) is 14.4. The first-order valence-corrected chi connectivity index (χ1v) is 8.22. The average molecular weight is 364 g/mol. The van der Waals surface area contributed by atoms with Crippen LogP contribution in [0, 0.1) is 18.6 Å². The van der Waals surface area contributed by atoms with Gasteiger partial charge in [-0.1, -0.05) is 30.3 Å². The van der Waals surface area contributed by atoms with Crippen LogP contribution < -0.4 is 0 Å². The molecule has 4 rings (SSSR count). The van der Waals surface area contributed by atoms with Crippen molar-refractivity contribution in [3.8, 4) is 22.3 Å². The van der Waals surface area contributed by atoms with Gasteiger partial charge in [0.25, 0.3) is 0 Å². The molecule has 4 nitrogen and oxygen atoms in total. The third-order valence-corrected chi connectivity index (χ3v) is 4.41. The number of aromatic carboxylic acids is 1. The predicted molar refractivity (Wildman–Crippen MR) is 98.6 cm³/mol. The third-order valence-electron chi connectivity index (χ3n) is 4.41. The van der Waals surface area contributed by atoms with E-state index >= 15 is 0 Å². The SMILES string of the molecule is Cc1nc2c(C(=O)O)cc(-c3ccc(-c4ccc(F)c(F)c4)cc3)cc2[nH]1. The van der Waals surface area contributed by atoms with Crippen molar-refractivity contribution in [2.45, 2.75) is 6.92 Å². The molecule has 0 aliphatic rings. The highest BCUT2D eigenvalue weighted by molar-refractivity contribution is 6.03. The van der Waals surface area contributed by atoms with Crippen LogP contribution in [0.4, 0.5) is 8.78 Å². The fraction of sp³-hybridized carbons (Fsp3) is 0.0476. The number of aryl methyl sites for hydroxylation is 1. The fourth-order valence-corrected chi connectivity index (χ4v) is 3.10. The number of carboxylic acid groups (broad SMARTS) is 1. The Hall–Kier alpha value is -3.54. The highest BCUT2D eigenvalue weighted by Gasteiger charge is 2.15. The number of carboxylic acids is 1. The molecule has 27 heavy (non-hydrogen) atoms. The normalized spacial score (nSPS) is 11.1. The van der Waals surface area contributed by atoms with Crippen molar-refractivity contribution in [3.05, 3.63) is 77.6 Å². The van der Waals surface area contributed by atoms with E-state index in [1.54, 1.807) is 25.1 Å². The maximum Gasteiger partial charge on any atom is 0.337 e. The van der Waals surface area contributed by atoms with E-state index in [-0.39, 0.29) is 5.56 Å². The Morgan fingerprint density at radius 3 is 2.15 bits per heavy atom. The molecule has 134 valence electrons. The molecule has 0 radical (unpaired) electrons. The second-order valence-corrected chi connectivity index (χ2v) is 6.25. The van der Waals surface area contributed by atoms with E-state index in [4.69, 9.17) is 0 Å². The molecule has 1 aromatic heterocycles. The Morgan fingerprint density at radius 2 is 1.52 bits per heavy atom. The zero-order chi connectivity index (χ0) is 19.1. The van der Waals surface area contributed by atoms with Crippen LogP contribution in [0.1, 0.15) is 16.2 Å². The monoisotopic (exact) mass is 364 g/mol. The third kappa shape index (κ3) is 3.06. The summed E-state index contributed by atoms with van der Waals surface area (Å²) in [5.41, 5.74) is 4.00. The van der Waals surface area contributed by atoms with Gasteiger partial charge in [0.05, 0.1) is 11.1 Å². The number of H-pyrrole nitrogens is 1. The Balaban J connectivity index is 1.77. The first-order valence-electron chi connectivity index (χ1n) is 8.22. The molecule has 6 heteroatoms. The van der Waals surface area contributed by atoms with Gasteiger partial charge in [-0.15, -0.1) is 0 Å². The molecule has 0 aliphatic heterocycles. The summed E-state index contributed by atoms with van der Waals surface area (Å²) in [6.07, 6.45) is 0. The van der Waals surface area contributed by atoms with Crippen LogP contribution in [0.25, 0.3) is 33.3 Å². The van der Waals surface area contributed by atoms with E-state index in [0.29, 0.717) is 22.4 Å². The van der Waals surface area contributed by atoms with Crippen molar-refractivity contribution in [1.29, 1.82) is 0 Å². The molecule has 0 fully saturated rings. The number of nitrogens with one attached hydrogen (secondary N) is 1. The lowest BCUT2D eigenvalue weighted by Gasteiger charge is -2.07. The van der Waals surface area contributed by atoms with Crippen molar-refractivity contribution >= 4 is 17.0 Å². The van der Waals surface area contributed by atoms with E-state index in [2.05, 4.69) is 9.97 Å². The number of benzene rings is 3. The summed E-state index contributed by atoms with van der Waals surface area (Å²) >= 11 is 0. The highest BCUT2D eigenvalue weighted by atomic mass is 19.2. The molecule has 3 aromatic carbocycles. The van der Waals surface area contributed by atoms with Crippen LogP contribution >= 0.6 is 0 Å². The zero-order valence-electron chi connectivity index (χ0n) is 14.3. The summed E-state index contributed by atoms with van der Waals surface area (Å²) in [5, 5.41) is 9.48. The molecule has 0 aliphatic carbocycles. The fourth-order valence-electron chi connectivity index (χ4n) is 3.10. The molecular formula is C21H14F2N2O2. The molecule has 0 saturated heterocycles. The quantitative estimate of drug-likeness (QED) is 0.526. The number of hydrogen-bond acceptors (Lipinski definition) is 2. The number of rotatable bonds is 3. The summed E-state index contributed by atoms with van der Waals surface area (Å²) < 4.78 is 26.5. The Morgan fingerprint density at radius 1 is 0.889 bits per heavy atom. The van der Waals surface area contributed by atoms with Gasteiger partial charge in [0.2, 0.25) is 0 Å². The number of carbonyl (C=O) groups is 1. The molecule has 0 spiro atoms. The topological polar surface area (TPSA) is 66.0 Å². The lowest BCUT2D eigenvalue weighted by atomic mass is 9.98. The number of fused-ring (bicyclic) bond motifs is 1. The molecule has 0 amide bonds. The van der Waals surface area contributed by atoms with Gasteiger partial charge < -0.3 is 10.1 Å². The van der Waals surface area contributed by atoms with E-state index in [1.165, 1.54) is 6.07 Å².